The van der Waals surface area contributed by atoms with Gasteiger partial charge in [-0.15, -0.1) is 0 Å². The summed E-state index contributed by atoms with van der Waals surface area (Å²) in [6.45, 7) is 8.29. The van der Waals surface area contributed by atoms with Gasteiger partial charge in [-0.1, -0.05) is 33.1 Å². The third kappa shape index (κ3) is 5.80. The van der Waals surface area contributed by atoms with Crippen LogP contribution in [0.25, 0.3) is 0 Å². The first-order valence-electron chi connectivity index (χ1n) is 8.18. The Morgan fingerprint density at radius 3 is 2.63 bits per heavy atom. The van der Waals surface area contributed by atoms with E-state index in [0.717, 1.165) is 38.6 Å². The summed E-state index contributed by atoms with van der Waals surface area (Å²) in [6.07, 6.45) is 8.62. The van der Waals surface area contributed by atoms with Crippen molar-refractivity contribution in [3.63, 3.8) is 0 Å². The molecule has 1 N–H and O–H groups in total. The largest absolute Gasteiger partial charge is 0.379 e. The Hall–Kier alpha value is -0.120. The van der Waals surface area contributed by atoms with Crippen molar-refractivity contribution in [2.75, 3.05) is 26.3 Å². The van der Waals surface area contributed by atoms with Gasteiger partial charge in [-0.2, -0.15) is 0 Å². The third-order valence-corrected chi connectivity index (χ3v) is 4.32. The smallest absolute Gasteiger partial charge is 0.0813 e. The maximum Gasteiger partial charge on any atom is 0.0813 e. The van der Waals surface area contributed by atoms with Gasteiger partial charge in [0.05, 0.1) is 18.8 Å². The van der Waals surface area contributed by atoms with Gasteiger partial charge in [0.2, 0.25) is 0 Å². The summed E-state index contributed by atoms with van der Waals surface area (Å²) in [4.78, 5) is 0. The highest BCUT2D eigenvalue weighted by molar-refractivity contribution is 4.75. The van der Waals surface area contributed by atoms with Crippen molar-refractivity contribution in [3.8, 4) is 0 Å². The first-order chi connectivity index (χ1) is 9.24. The Balaban J connectivity index is 1.45. The molecule has 1 aliphatic heterocycles. The van der Waals surface area contributed by atoms with Gasteiger partial charge < -0.3 is 14.8 Å². The number of hydrogen-bond acceptors (Lipinski definition) is 3. The molecular weight excluding hydrogens is 238 g/mol. The Morgan fingerprint density at radius 2 is 1.95 bits per heavy atom. The van der Waals surface area contributed by atoms with E-state index in [2.05, 4.69) is 19.2 Å². The van der Waals surface area contributed by atoms with Crippen LogP contribution in [0.3, 0.4) is 0 Å². The number of nitrogens with one attached hydrogen (secondary N) is 1. The average molecular weight is 269 g/mol. The van der Waals surface area contributed by atoms with Crippen molar-refractivity contribution in [1.82, 2.24) is 5.32 Å². The molecule has 0 spiro atoms. The topological polar surface area (TPSA) is 30.5 Å². The van der Waals surface area contributed by atoms with Gasteiger partial charge in [-0.3, -0.25) is 0 Å². The van der Waals surface area contributed by atoms with E-state index in [1.807, 2.05) is 0 Å². The fourth-order valence-corrected chi connectivity index (χ4v) is 2.83. The standard InChI is InChI=1S/C16H31NO2/c1-13(2)10-17-11-15-6-7-16(19-15)12-18-9-8-14-4-3-5-14/h13-17H,3-12H2,1-2H3. The summed E-state index contributed by atoms with van der Waals surface area (Å²) < 4.78 is 11.8. The van der Waals surface area contributed by atoms with Crippen LogP contribution in [0.4, 0.5) is 0 Å². The molecule has 2 aliphatic rings. The van der Waals surface area contributed by atoms with Gasteiger partial charge in [-0.05, 0) is 37.6 Å². The van der Waals surface area contributed by atoms with Gasteiger partial charge in [0.1, 0.15) is 0 Å². The second-order valence-electron chi connectivity index (χ2n) is 6.67. The van der Waals surface area contributed by atoms with E-state index in [9.17, 15) is 0 Å². The zero-order chi connectivity index (χ0) is 13.5. The average Bonchev–Trinajstić information content (AvgIpc) is 2.74. The van der Waals surface area contributed by atoms with Gasteiger partial charge in [0.15, 0.2) is 0 Å². The highest BCUT2D eigenvalue weighted by Crippen LogP contribution is 2.29. The van der Waals surface area contributed by atoms with Crippen molar-refractivity contribution in [2.45, 2.75) is 64.6 Å². The quantitative estimate of drug-likeness (QED) is 0.653. The van der Waals surface area contributed by atoms with Crippen LogP contribution in [0.15, 0.2) is 0 Å². The summed E-state index contributed by atoms with van der Waals surface area (Å²) in [5.74, 6) is 1.67. The highest BCUT2D eigenvalue weighted by Gasteiger charge is 2.25. The summed E-state index contributed by atoms with van der Waals surface area (Å²) in [5.41, 5.74) is 0. The molecule has 3 nitrogen and oxygen atoms in total. The van der Waals surface area contributed by atoms with Crippen LogP contribution in [0.5, 0.6) is 0 Å². The molecule has 2 rings (SSSR count). The molecule has 2 fully saturated rings. The van der Waals surface area contributed by atoms with Crippen molar-refractivity contribution in [3.05, 3.63) is 0 Å². The van der Waals surface area contributed by atoms with Gasteiger partial charge in [0, 0.05) is 13.2 Å². The minimum Gasteiger partial charge on any atom is -0.379 e. The summed E-state index contributed by atoms with van der Waals surface area (Å²) in [7, 11) is 0. The molecular formula is C16H31NO2. The van der Waals surface area contributed by atoms with E-state index in [4.69, 9.17) is 9.47 Å². The third-order valence-electron chi connectivity index (χ3n) is 4.32. The van der Waals surface area contributed by atoms with E-state index < -0.39 is 0 Å². The number of ether oxygens (including phenoxy) is 2. The number of hydrogen-bond donors (Lipinski definition) is 1. The second-order valence-corrected chi connectivity index (χ2v) is 6.67. The fraction of sp³-hybridized carbons (Fsp3) is 1.00. The van der Waals surface area contributed by atoms with E-state index >= 15 is 0 Å². The molecule has 19 heavy (non-hydrogen) atoms. The van der Waals surface area contributed by atoms with E-state index in [1.54, 1.807) is 0 Å². The first kappa shape index (κ1) is 15.3. The molecule has 1 saturated carbocycles. The van der Waals surface area contributed by atoms with Crippen molar-refractivity contribution >= 4 is 0 Å². The van der Waals surface area contributed by atoms with Gasteiger partial charge in [-0.25, -0.2) is 0 Å². The molecule has 1 saturated heterocycles. The highest BCUT2D eigenvalue weighted by atomic mass is 16.5. The lowest BCUT2D eigenvalue weighted by molar-refractivity contribution is -0.0183. The Labute approximate surface area is 118 Å². The zero-order valence-corrected chi connectivity index (χ0v) is 12.7. The molecule has 3 heteroatoms. The first-order valence-corrected chi connectivity index (χ1v) is 8.18. The lowest BCUT2D eigenvalue weighted by Gasteiger charge is -2.25. The molecule has 0 aromatic rings. The van der Waals surface area contributed by atoms with Crippen LogP contribution in [-0.2, 0) is 9.47 Å². The Kier molecular flexibility index (Phi) is 6.62. The molecule has 0 aromatic carbocycles. The molecule has 112 valence electrons. The monoisotopic (exact) mass is 269 g/mol. The molecule has 0 aromatic heterocycles. The molecule has 1 heterocycles. The van der Waals surface area contributed by atoms with Crippen molar-refractivity contribution in [1.29, 1.82) is 0 Å². The fourth-order valence-electron chi connectivity index (χ4n) is 2.83. The SMILES string of the molecule is CC(C)CNCC1CCC(COCCC2CCC2)O1. The van der Waals surface area contributed by atoms with Gasteiger partial charge >= 0.3 is 0 Å². The molecule has 0 bridgehead atoms. The van der Waals surface area contributed by atoms with Crippen LogP contribution in [0, 0.1) is 11.8 Å². The molecule has 0 amide bonds. The molecule has 2 atom stereocenters. The van der Waals surface area contributed by atoms with E-state index in [1.165, 1.54) is 32.1 Å². The maximum absolute atomic E-state index is 6.00. The van der Waals surface area contributed by atoms with E-state index in [0.29, 0.717) is 18.1 Å². The summed E-state index contributed by atoms with van der Waals surface area (Å²) in [6, 6.07) is 0. The molecule has 2 unspecified atom stereocenters. The summed E-state index contributed by atoms with van der Waals surface area (Å²) in [5, 5.41) is 3.48. The zero-order valence-electron chi connectivity index (χ0n) is 12.7. The predicted octanol–water partition coefficient (Wildman–Crippen LogP) is 2.99. The minimum absolute atomic E-state index is 0.340. The number of rotatable bonds is 9. The Bertz CT molecular complexity index is 241. The lowest BCUT2D eigenvalue weighted by atomic mass is 9.83. The van der Waals surface area contributed by atoms with Crippen LogP contribution < -0.4 is 5.32 Å². The minimum atomic E-state index is 0.340. The Morgan fingerprint density at radius 1 is 1.16 bits per heavy atom. The van der Waals surface area contributed by atoms with Crippen molar-refractivity contribution in [2.24, 2.45) is 11.8 Å². The van der Waals surface area contributed by atoms with Crippen molar-refractivity contribution < 1.29 is 9.47 Å². The lowest BCUT2D eigenvalue weighted by Crippen LogP contribution is -2.30. The van der Waals surface area contributed by atoms with Gasteiger partial charge in [0.25, 0.3) is 0 Å². The molecule has 0 radical (unpaired) electrons. The normalized spacial score (nSPS) is 27.9. The second kappa shape index (κ2) is 8.23. The van der Waals surface area contributed by atoms with Crippen LogP contribution in [0.1, 0.15) is 52.4 Å². The van der Waals surface area contributed by atoms with Crippen LogP contribution >= 0.6 is 0 Å². The van der Waals surface area contributed by atoms with Crippen LogP contribution in [0.2, 0.25) is 0 Å². The summed E-state index contributed by atoms with van der Waals surface area (Å²) >= 11 is 0. The van der Waals surface area contributed by atoms with E-state index in [-0.39, 0.29) is 0 Å². The maximum atomic E-state index is 6.00. The predicted molar refractivity (Wildman–Crippen MR) is 78.4 cm³/mol. The van der Waals surface area contributed by atoms with Crippen LogP contribution in [-0.4, -0.2) is 38.5 Å². The molecule has 1 aliphatic carbocycles.